The Morgan fingerprint density at radius 3 is 2.48 bits per heavy atom. The third kappa shape index (κ3) is 3.42. The number of thioether (sulfide) groups is 1. The number of ketones is 1. The van der Waals surface area contributed by atoms with Crippen molar-refractivity contribution < 1.29 is 4.79 Å². The molecule has 0 saturated heterocycles. The van der Waals surface area contributed by atoms with E-state index in [1.807, 2.05) is 18.2 Å². The van der Waals surface area contributed by atoms with Crippen LogP contribution in [0.1, 0.15) is 26.3 Å². The van der Waals surface area contributed by atoms with Gasteiger partial charge in [0.25, 0.3) is 0 Å². The quantitative estimate of drug-likeness (QED) is 0.594. The summed E-state index contributed by atoms with van der Waals surface area (Å²) in [5, 5.41) is 0.988. The molecular formula is C25H26N2OS. The number of benzene rings is 2. The van der Waals surface area contributed by atoms with Crippen molar-refractivity contribution >= 4 is 28.9 Å². The molecule has 0 aliphatic carbocycles. The first-order chi connectivity index (χ1) is 13.9. The van der Waals surface area contributed by atoms with E-state index in [0.717, 1.165) is 11.6 Å². The highest BCUT2D eigenvalue weighted by Crippen LogP contribution is 2.47. The molecule has 0 atom stereocenters. The third-order valence-electron chi connectivity index (χ3n) is 5.67. The second-order valence-electron chi connectivity index (χ2n) is 7.81. The van der Waals surface area contributed by atoms with E-state index in [-0.39, 0.29) is 11.2 Å². The number of hydrogen-bond donors (Lipinski definition) is 0. The lowest BCUT2D eigenvalue weighted by atomic mass is 9.84. The minimum atomic E-state index is -0.0842. The number of rotatable bonds is 4. The molecule has 4 heteroatoms. The van der Waals surface area contributed by atoms with Gasteiger partial charge in [0.1, 0.15) is 0 Å². The summed E-state index contributed by atoms with van der Waals surface area (Å²) < 4.78 is 0. The molecule has 0 fully saturated rings. The highest BCUT2D eigenvalue weighted by molar-refractivity contribution is 8.03. The fraction of sp³-hybridized carbons (Fsp3) is 0.240. The molecule has 0 N–H and O–H groups in total. The average Bonchev–Trinajstić information content (AvgIpc) is 3.15. The van der Waals surface area contributed by atoms with E-state index in [0.29, 0.717) is 0 Å². The number of anilines is 2. The van der Waals surface area contributed by atoms with Gasteiger partial charge < -0.3 is 9.80 Å². The molecule has 0 bridgehead atoms. The van der Waals surface area contributed by atoms with Gasteiger partial charge in [-0.2, -0.15) is 0 Å². The Bertz CT molecular complexity index is 1050. The van der Waals surface area contributed by atoms with Crippen molar-refractivity contribution in [2.45, 2.75) is 31.1 Å². The van der Waals surface area contributed by atoms with E-state index in [9.17, 15) is 4.79 Å². The summed E-state index contributed by atoms with van der Waals surface area (Å²) in [6.45, 7) is 7.40. The topological polar surface area (TPSA) is 23.6 Å². The number of hydrogen-bond acceptors (Lipinski definition) is 4. The van der Waals surface area contributed by atoms with E-state index >= 15 is 0 Å². The summed E-state index contributed by atoms with van der Waals surface area (Å²) in [5.74, 6) is 0.00609. The minimum absolute atomic E-state index is 0.00609. The second-order valence-corrected chi connectivity index (χ2v) is 8.87. The van der Waals surface area contributed by atoms with Crippen molar-refractivity contribution in [2.24, 2.45) is 0 Å². The molecule has 148 valence electrons. The van der Waals surface area contributed by atoms with Crippen molar-refractivity contribution in [3.05, 3.63) is 89.1 Å². The Kier molecular flexibility index (Phi) is 5.13. The van der Waals surface area contributed by atoms with Crippen LogP contribution in [0.2, 0.25) is 0 Å². The van der Waals surface area contributed by atoms with E-state index in [4.69, 9.17) is 0 Å². The SMILES string of the molecule is CCN1C(=CC(=O)C=CC=C2N(C)c3ccccc3C2(C)C)Sc2ccccc21. The Balaban J connectivity index is 1.53. The zero-order valence-electron chi connectivity index (χ0n) is 17.3. The molecule has 2 aromatic rings. The summed E-state index contributed by atoms with van der Waals surface area (Å²) in [4.78, 5) is 18.2. The number of nitrogens with zero attached hydrogens (tertiary/aromatic N) is 2. The van der Waals surface area contributed by atoms with E-state index in [1.165, 1.54) is 27.5 Å². The maximum atomic E-state index is 12.6. The molecule has 0 unspecified atom stereocenters. The third-order valence-corrected chi connectivity index (χ3v) is 6.79. The van der Waals surface area contributed by atoms with Gasteiger partial charge in [-0.25, -0.2) is 0 Å². The molecule has 4 rings (SSSR count). The van der Waals surface area contributed by atoms with Crippen LogP contribution in [0.15, 0.2) is 88.5 Å². The molecule has 2 aromatic carbocycles. The summed E-state index contributed by atoms with van der Waals surface area (Å²) in [6.07, 6.45) is 7.33. The molecule has 2 heterocycles. The van der Waals surface area contributed by atoms with E-state index in [2.05, 4.69) is 80.1 Å². The lowest BCUT2D eigenvalue weighted by Crippen LogP contribution is -2.22. The molecule has 0 aromatic heterocycles. The lowest BCUT2D eigenvalue weighted by Gasteiger charge is -2.23. The summed E-state index contributed by atoms with van der Waals surface area (Å²) >= 11 is 1.66. The second kappa shape index (κ2) is 7.60. The van der Waals surface area contributed by atoms with Crippen LogP contribution in [0, 0.1) is 0 Å². The number of allylic oxidation sites excluding steroid dienone is 5. The number of carbonyl (C=O) groups is 1. The van der Waals surface area contributed by atoms with Crippen molar-refractivity contribution in [2.75, 3.05) is 23.4 Å². The number of likely N-dealkylation sites (N-methyl/N-ethyl adjacent to an activating group) is 1. The first kappa shape index (κ1) is 19.6. The van der Waals surface area contributed by atoms with Gasteiger partial charge in [0.05, 0.1) is 10.7 Å². The zero-order valence-corrected chi connectivity index (χ0v) is 18.2. The summed E-state index contributed by atoms with van der Waals surface area (Å²) in [5.41, 5.74) is 4.82. The fourth-order valence-electron chi connectivity index (χ4n) is 4.19. The Hall–Kier alpha value is -2.72. The molecule has 0 spiro atoms. The number of carbonyl (C=O) groups excluding carboxylic acids is 1. The van der Waals surface area contributed by atoms with Crippen LogP contribution in [-0.2, 0) is 10.2 Å². The van der Waals surface area contributed by atoms with Gasteiger partial charge in [-0.15, -0.1) is 0 Å². The Labute approximate surface area is 177 Å². The normalized spacial score (nSPS) is 20.0. The Morgan fingerprint density at radius 2 is 1.76 bits per heavy atom. The maximum Gasteiger partial charge on any atom is 0.181 e. The number of fused-ring (bicyclic) bond motifs is 2. The van der Waals surface area contributed by atoms with Gasteiger partial charge in [0.15, 0.2) is 5.78 Å². The van der Waals surface area contributed by atoms with Crippen LogP contribution < -0.4 is 9.80 Å². The molecule has 0 amide bonds. The highest BCUT2D eigenvalue weighted by Gasteiger charge is 2.37. The van der Waals surface area contributed by atoms with Gasteiger partial charge in [0, 0.05) is 41.4 Å². The van der Waals surface area contributed by atoms with Gasteiger partial charge in [0.2, 0.25) is 0 Å². The first-order valence-corrected chi connectivity index (χ1v) is 10.8. The number of para-hydroxylation sites is 2. The van der Waals surface area contributed by atoms with Crippen molar-refractivity contribution in [1.82, 2.24) is 0 Å². The van der Waals surface area contributed by atoms with Crippen LogP contribution in [-0.4, -0.2) is 19.4 Å². The standard InChI is InChI=1S/C25H26N2OS/c1-5-27-21-14-8-9-15-22(21)29-24(27)17-18(28)11-10-16-23-25(2,3)19-12-6-7-13-20(19)26(23)4/h6-17H,5H2,1-4H3. The minimum Gasteiger partial charge on any atom is -0.347 e. The van der Waals surface area contributed by atoms with E-state index in [1.54, 1.807) is 23.9 Å². The van der Waals surface area contributed by atoms with Crippen LogP contribution in [0.4, 0.5) is 11.4 Å². The summed E-state index contributed by atoms with van der Waals surface area (Å²) in [7, 11) is 2.09. The van der Waals surface area contributed by atoms with Gasteiger partial charge >= 0.3 is 0 Å². The van der Waals surface area contributed by atoms with Crippen LogP contribution in [0.5, 0.6) is 0 Å². The van der Waals surface area contributed by atoms with E-state index < -0.39 is 0 Å². The van der Waals surface area contributed by atoms with Crippen molar-refractivity contribution in [1.29, 1.82) is 0 Å². The van der Waals surface area contributed by atoms with Crippen molar-refractivity contribution in [3.63, 3.8) is 0 Å². The smallest absolute Gasteiger partial charge is 0.181 e. The van der Waals surface area contributed by atoms with Crippen LogP contribution in [0.25, 0.3) is 0 Å². The molecule has 3 nitrogen and oxygen atoms in total. The predicted octanol–water partition coefficient (Wildman–Crippen LogP) is 5.90. The largest absolute Gasteiger partial charge is 0.347 e. The monoisotopic (exact) mass is 402 g/mol. The van der Waals surface area contributed by atoms with Gasteiger partial charge in [-0.3, -0.25) is 4.79 Å². The van der Waals surface area contributed by atoms with Crippen molar-refractivity contribution in [3.8, 4) is 0 Å². The highest BCUT2D eigenvalue weighted by atomic mass is 32.2. The molecule has 0 saturated carbocycles. The summed E-state index contributed by atoms with van der Waals surface area (Å²) in [6, 6.07) is 16.8. The first-order valence-electron chi connectivity index (χ1n) is 9.95. The molecule has 0 radical (unpaired) electrons. The zero-order chi connectivity index (χ0) is 20.6. The molecule has 29 heavy (non-hydrogen) atoms. The molecule has 2 aliphatic heterocycles. The Morgan fingerprint density at radius 1 is 1.07 bits per heavy atom. The average molecular weight is 403 g/mol. The molecule has 2 aliphatic rings. The lowest BCUT2D eigenvalue weighted by molar-refractivity contribution is -0.110. The van der Waals surface area contributed by atoms with Gasteiger partial charge in [-0.05, 0) is 42.8 Å². The van der Waals surface area contributed by atoms with Crippen LogP contribution >= 0.6 is 11.8 Å². The molecular weight excluding hydrogens is 376 g/mol. The maximum absolute atomic E-state index is 12.6. The van der Waals surface area contributed by atoms with Crippen LogP contribution in [0.3, 0.4) is 0 Å². The fourth-order valence-corrected chi connectivity index (χ4v) is 5.36. The van der Waals surface area contributed by atoms with Gasteiger partial charge in [-0.1, -0.05) is 62.0 Å². The predicted molar refractivity (Wildman–Crippen MR) is 124 cm³/mol.